The lowest BCUT2D eigenvalue weighted by Crippen LogP contribution is -2.41. The van der Waals surface area contributed by atoms with Crippen molar-refractivity contribution in [3.63, 3.8) is 0 Å². The Morgan fingerprint density at radius 2 is 1.75 bits per heavy atom. The molecule has 2 saturated heterocycles. The first kappa shape index (κ1) is 21.3. The fourth-order valence-corrected chi connectivity index (χ4v) is 3.89. The van der Waals surface area contributed by atoms with Crippen molar-refractivity contribution in [1.82, 2.24) is 9.80 Å². The number of hydrogen-bond donors (Lipinski definition) is 2. The van der Waals surface area contributed by atoms with Crippen LogP contribution in [0.2, 0.25) is 0 Å². The van der Waals surface area contributed by atoms with Gasteiger partial charge < -0.3 is 24.6 Å². The van der Waals surface area contributed by atoms with Crippen LogP contribution < -0.4 is 9.47 Å². The number of aliphatic hydroxyl groups excluding tert-OH is 2. The third-order valence-electron chi connectivity index (χ3n) is 5.61. The maximum atomic E-state index is 13.3. The Kier molecular flexibility index (Phi) is 7.91. The SMILES string of the molecule is COc1cc(CN2CCC(F)CC2)ccc1OCC(O)CN1CCC(O)CC1. The zero-order valence-electron chi connectivity index (χ0n) is 16.7. The molecule has 0 amide bonds. The molecule has 1 unspecified atom stereocenters. The highest BCUT2D eigenvalue weighted by molar-refractivity contribution is 5.43. The Labute approximate surface area is 166 Å². The smallest absolute Gasteiger partial charge is 0.161 e. The highest BCUT2D eigenvalue weighted by atomic mass is 19.1. The summed E-state index contributed by atoms with van der Waals surface area (Å²) in [6.07, 6.45) is 1.25. The molecule has 1 atom stereocenters. The number of halogens is 1. The van der Waals surface area contributed by atoms with Crippen LogP contribution in [0.4, 0.5) is 4.39 Å². The lowest BCUT2D eigenvalue weighted by molar-refractivity contribution is 0.0333. The molecular formula is C21H33FN2O4. The summed E-state index contributed by atoms with van der Waals surface area (Å²) in [5.74, 6) is 1.26. The lowest BCUT2D eigenvalue weighted by atomic mass is 10.1. The Morgan fingerprint density at radius 1 is 1.07 bits per heavy atom. The van der Waals surface area contributed by atoms with Crippen molar-refractivity contribution in [2.75, 3.05) is 46.4 Å². The molecule has 1 aromatic rings. The van der Waals surface area contributed by atoms with E-state index in [1.54, 1.807) is 7.11 Å². The van der Waals surface area contributed by atoms with Crippen molar-refractivity contribution < 1.29 is 24.1 Å². The van der Waals surface area contributed by atoms with E-state index in [0.717, 1.165) is 51.1 Å². The quantitative estimate of drug-likeness (QED) is 0.699. The molecule has 0 spiro atoms. The number of piperidine rings is 2. The largest absolute Gasteiger partial charge is 0.493 e. The summed E-state index contributed by atoms with van der Waals surface area (Å²) < 4.78 is 24.5. The fourth-order valence-electron chi connectivity index (χ4n) is 3.89. The van der Waals surface area contributed by atoms with Gasteiger partial charge in [-0.25, -0.2) is 4.39 Å². The number of nitrogens with zero attached hydrogens (tertiary/aromatic N) is 2. The van der Waals surface area contributed by atoms with Crippen LogP contribution >= 0.6 is 0 Å². The molecule has 2 aliphatic heterocycles. The van der Waals surface area contributed by atoms with Gasteiger partial charge in [0.1, 0.15) is 18.9 Å². The molecule has 2 aliphatic rings. The van der Waals surface area contributed by atoms with Gasteiger partial charge in [-0.2, -0.15) is 0 Å². The summed E-state index contributed by atoms with van der Waals surface area (Å²) in [5, 5.41) is 19.8. The van der Waals surface area contributed by atoms with E-state index in [4.69, 9.17) is 9.47 Å². The number of benzene rings is 1. The van der Waals surface area contributed by atoms with Gasteiger partial charge in [0.05, 0.1) is 13.2 Å². The van der Waals surface area contributed by atoms with E-state index in [9.17, 15) is 14.6 Å². The number of methoxy groups -OCH3 is 1. The highest BCUT2D eigenvalue weighted by Gasteiger charge is 2.21. The van der Waals surface area contributed by atoms with Crippen molar-refractivity contribution >= 4 is 0 Å². The van der Waals surface area contributed by atoms with E-state index in [1.807, 2.05) is 18.2 Å². The van der Waals surface area contributed by atoms with Gasteiger partial charge in [-0.05, 0) is 43.4 Å². The molecule has 0 aliphatic carbocycles. The first-order valence-electron chi connectivity index (χ1n) is 10.3. The van der Waals surface area contributed by atoms with E-state index in [1.165, 1.54) is 0 Å². The summed E-state index contributed by atoms with van der Waals surface area (Å²) in [4.78, 5) is 4.41. The molecule has 7 heteroatoms. The molecular weight excluding hydrogens is 363 g/mol. The number of ether oxygens (including phenoxy) is 2. The summed E-state index contributed by atoms with van der Waals surface area (Å²) >= 11 is 0. The number of β-amino-alcohol motifs (C(OH)–C–C–N with tert-alkyl or cyclic N) is 1. The minimum atomic E-state index is -0.664. The molecule has 28 heavy (non-hydrogen) atoms. The van der Waals surface area contributed by atoms with Crippen LogP contribution in [0.25, 0.3) is 0 Å². The average molecular weight is 397 g/mol. The molecule has 2 fully saturated rings. The molecule has 158 valence electrons. The fraction of sp³-hybridized carbons (Fsp3) is 0.714. The van der Waals surface area contributed by atoms with Crippen LogP contribution in [0, 0.1) is 0 Å². The normalized spacial score (nSPS) is 21.6. The number of aliphatic hydroxyl groups is 2. The number of alkyl halides is 1. The molecule has 1 aromatic carbocycles. The maximum absolute atomic E-state index is 13.3. The van der Waals surface area contributed by atoms with Crippen LogP contribution in [0.1, 0.15) is 31.2 Å². The van der Waals surface area contributed by atoms with E-state index < -0.39 is 12.3 Å². The Bertz CT molecular complexity index is 602. The third kappa shape index (κ3) is 6.30. The second kappa shape index (κ2) is 10.4. The highest BCUT2D eigenvalue weighted by Crippen LogP contribution is 2.29. The van der Waals surface area contributed by atoms with Gasteiger partial charge in [0.15, 0.2) is 11.5 Å². The second-order valence-electron chi connectivity index (χ2n) is 7.93. The number of likely N-dealkylation sites (tertiary alicyclic amines) is 2. The summed E-state index contributed by atoms with van der Waals surface area (Å²) in [5.41, 5.74) is 1.11. The third-order valence-corrected chi connectivity index (χ3v) is 5.61. The van der Waals surface area contributed by atoms with Gasteiger partial charge in [-0.3, -0.25) is 4.90 Å². The van der Waals surface area contributed by atoms with Crippen molar-refractivity contribution in [1.29, 1.82) is 0 Å². The van der Waals surface area contributed by atoms with Crippen molar-refractivity contribution in [3.05, 3.63) is 23.8 Å². The summed E-state index contributed by atoms with van der Waals surface area (Å²) in [6.45, 7) is 4.66. The van der Waals surface area contributed by atoms with Crippen LogP contribution in [-0.2, 0) is 6.54 Å². The van der Waals surface area contributed by atoms with Crippen LogP contribution in [-0.4, -0.2) is 84.8 Å². The predicted molar refractivity (Wildman–Crippen MR) is 106 cm³/mol. The Balaban J connectivity index is 1.48. The zero-order chi connectivity index (χ0) is 19.9. The summed E-state index contributed by atoms with van der Waals surface area (Å²) in [7, 11) is 1.61. The van der Waals surface area contributed by atoms with E-state index in [2.05, 4.69) is 9.80 Å². The first-order chi connectivity index (χ1) is 13.5. The molecule has 0 saturated carbocycles. The molecule has 0 radical (unpaired) electrons. The van der Waals surface area contributed by atoms with Crippen LogP contribution in [0.3, 0.4) is 0 Å². The van der Waals surface area contributed by atoms with Gasteiger partial charge in [0.25, 0.3) is 0 Å². The summed E-state index contributed by atoms with van der Waals surface area (Å²) in [6, 6.07) is 5.83. The average Bonchev–Trinajstić information content (AvgIpc) is 2.70. The molecule has 0 bridgehead atoms. The van der Waals surface area contributed by atoms with Crippen LogP contribution in [0.5, 0.6) is 11.5 Å². The molecule has 3 rings (SSSR count). The maximum Gasteiger partial charge on any atom is 0.161 e. The number of hydrogen-bond acceptors (Lipinski definition) is 6. The Hall–Kier alpha value is -1.41. The number of rotatable bonds is 8. The van der Waals surface area contributed by atoms with Gasteiger partial charge in [0.2, 0.25) is 0 Å². The lowest BCUT2D eigenvalue weighted by Gasteiger charge is -2.31. The molecule has 0 aromatic heterocycles. The standard InChI is InChI=1S/C21H33FN2O4/c1-27-21-12-16(13-23-8-4-17(22)5-9-23)2-3-20(21)28-15-19(26)14-24-10-6-18(25)7-11-24/h2-3,12,17-19,25-26H,4-11,13-15H2,1H3. The molecule has 2 heterocycles. The zero-order valence-corrected chi connectivity index (χ0v) is 16.7. The van der Waals surface area contributed by atoms with E-state index in [-0.39, 0.29) is 12.7 Å². The second-order valence-corrected chi connectivity index (χ2v) is 7.93. The minimum Gasteiger partial charge on any atom is -0.493 e. The van der Waals surface area contributed by atoms with E-state index >= 15 is 0 Å². The molecule has 6 nitrogen and oxygen atoms in total. The monoisotopic (exact) mass is 396 g/mol. The molecule has 2 N–H and O–H groups in total. The topological polar surface area (TPSA) is 65.4 Å². The Morgan fingerprint density at radius 3 is 2.43 bits per heavy atom. The van der Waals surface area contributed by atoms with E-state index in [0.29, 0.717) is 30.9 Å². The van der Waals surface area contributed by atoms with Gasteiger partial charge in [-0.15, -0.1) is 0 Å². The van der Waals surface area contributed by atoms with Crippen LogP contribution in [0.15, 0.2) is 18.2 Å². The van der Waals surface area contributed by atoms with Crippen molar-refractivity contribution in [2.45, 2.75) is 50.6 Å². The first-order valence-corrected chi connectivity index (χ1v) is 10.3. The predicted octanol–water partition coefficient (Wildman–Crippen LogP) is 1.83. The van der Waals surface area contributed by atoms with Gasteiger partial charge in [0, 0.05) is 39.3 Å². The minimum absolute atomic E-state index is 0.193. The van der Waals surface area contributed by atoms with Gasteiger partial charge in [-0.1, -0.05) is 6.07 Å². The van der Waals surface area contributed by atoms with Crippen molar-refractivity contribution in [2.24, 2.45) is 0 Å². The van der Waals surface area contributed by atoms with Crippen molar-refractivity contribution in [3.8, 4) is 11.5 Å². The van der Waals surface area contributed by atoms with Gasteiger partial charge >= 0.3 is 0 Å².